The quantitative estimate of drug-likeness (QED) is 0.812. The van der Waals surface area contributed by atoms with E-state index in [0.717, 1.165) is 5.69 Å². The van der Waals surface area contributed by atoms with Crippen molar-refractivity contribution in [2.45, 2.75) is 26.3 Å². The van der Waals surface area contributed by atoms with Gasteiger partial charge in [-0.05, 0) is 32.9 Å². The number of morpholine rings is 1. The molecule has 98 valence electrons. The van der Waals surface area contributed by atoms with Crippen molar-refractivity contribution in [3.05, 3.63) is 23.4 Å². The molecule has 0 bridgehead atoms. The van der Waals surface area contributed by atoms with Crippen LogP contribution in [-0.2, 0) is 4.74 Å². The van der Waals surface area contributed by atoms with Gasteiger partial charge in [-0.25, -0.2) is 4.98 Å². The number of hydrogen-bond acceptors (Lipinski definition) is 4. The van der Waals surface area contributed by atoms with Crippen LogP contribution in [0.5, 0.6) is 0 Å². The molecule has 18 heavy (non-hydrogen) atoms. The summed E-state index contributed by atoms with van der Waals surface area (Å²) in [7, 11) is 0. The molecular weight excluding hydrogens is 230 g/mol. The number of aryl methyl sites for hydroxylation is 1. The Morgan fingerprint density at radius 3 is 2.83 bits per heavy atom. The molecule has 2 rings (SSSR count). The fourth-order valence-electron chi connectivity index (χ4n) is 2.21. The molecule has 1 aliphatic rings. The number of nitrogen functional groups attached to an aromatic ring is 1. The second-order valence-corrected chi connectivity index (χ2v) is 5.24. The Bertz CT molecular complexity index is 451. The van der Waals surface area contributed by atoms with Gasteiger partial charge in [-0.3, -0.25) is 4.79 Å². The first-order valence-electron chi connectivity index (χ1n) is 6.04. The monoisotopic (exact) mass is 249 g/mol. The summed E-state index contributed by atoms with van der Waals surface area (Å²) in [6.45, 7) is 7.57. The van der Waals surface area contributed by atoms with Crippen molar-refractivity contribution in [2.75, 3.05) is 25.5 Å². The van der Waals surface area contributed by atoms with Gasteiger partial charge in [0.1, 0.15) is 5.82 Å². The minimum absolute atomic E-state index is 0.0134. The molecule has 5 nitrogen and oxygen atoms in total. The molecule has 1 amide bonds. The summed E-state index contributed by atoms with van der Waals surface area (Å²) in [5.41, 5.74) is 6.74. The Balaban J connectivity index is 2.30. The van der Waals surface area contributed by atoms with Crippen LogP contribution in [0.1, 0.15) is 29.9 Å². The molecule has 2 N–H and O–H groups in total. The average molecular weight is 249 g/mol. The van der Waals surface area contributed by atoms with E-state index >= 15 is 0 Å². The summed E-state index contributed by atoms with van der Waals surface area (Å²) >= 11 is 0. The Kier molecular flexibility index (Phi) is 3.26. The van der Waals surface area contributed by atoms with E-state index < -0.39 is 0 Å². The zero-order chi connectivity index (χ0) is 13.3. The summed E-state index contributed by atoms with van der Waals surface area (Å²) in [6.07, 6.45) is 0. The van der Waals surface area contributed by atoms with Crippen molar-refractivity contribution in [2.24, 2.45) is 0 Å². The molecule has 0 unspecified atom stereocenters. The molecule has 1 fully saturated rings. The van der Waals surface area contributed by atoms with Gasteiger partial charge in [0, 0.05) is 17.8 Å². The van der Waals surface area contributed by atoms with Crippen molar-refractivity contribution >= 4 is 11.7 Å². The predicted octanol–water partition coefficient (Wildman–Crippen LogP) is 1.22. The topological polar surface area (TPSA) is 68.5 Å². The maximum absolute atomic E-state index is 12.5. The van der Waals surface area contributed by atoms with Crippen LogP contribution >= 0.6 is 0 Å². The molecule has 0 aromatic carbocycles. The number of hydrogen-bond donors (Lipinski definition) is 1. The SMILES string of the molecule is Cc1cc(C(=O)N2CCOCC2(C)C)cc(N)n1. The van der Waals surface area contributed by atoms with Crippen LogP contribution in [-0.4, -0.2) is 41.1 Å². The number of ether oxygens (including phenoxy) is 1. The minimum Gasteiger partial charge on any atom is -0.384 e. The number of anilines is 1. The van der Waals surface area contributed by atoms with Crippen molar-refractivity contribution in [1.29, 1.82) is 0 Å². The molecule has 1 aromatic heterocycles. The standard InChI is InChI=1S/C13H19N3O2/c1-9-6-10(7-11(14)15-9)12(17)16-4-5-18-8-13(16,2)3/h6-7H,4-5,8H2,1-3H3,(H2,14,15). The fraction of sp³-hybridized carbons (Fsp3) is 0.538. The van der Waals surface area contributed by atoms with Crippen LogP contribution in [0.4, 0.5) is 5.82 Å². The second-order valence-electron chi connectivity index (χ2n) is 5.24. The maximum Gasteiger partial charge on any atom is 0.254 e. The summed E-state index contributed by atoms with van der Waals surface area (Å²) < 4.78 is 5.42. The average Bonchev–Trinajstić information content (AvgIpc) is 2.26. The van der Waals surface area contributed by atoms with E-state index in [1.54, 1.807) is 12.1 Å². The number of rotatable bonds is 1. The number of carbonyl (C=O) groups excluding carboxylic acids is 1. The Labute approximate surface area is 107 Å². The van der Waals surface area contributed by atoms with Gasteiger partial charge in [-0.15, -0.1) is 0 Å². The molecule has 1 saturated heterocycles. The molecule has 0 atom stereocenters. The van der Waals surface area contributed by atoms with Gasteiger partial charge in [-0.1, -0.05) is 0 Å². The first kappa shape index (κ1) is 12.8. The van der Waals surface area contributed by atoms with E-state index in [-0.39, 0.29) is 11.4 Å². The van der Waals surface area contributed by atoms with E-state index in [9.17, 15) is 4.79 Å². The zero-order valence-electron chi connectivity index (χ0n) is 11.1. The van der Waals surface area contributed by atoms with E-state index in [4.69, 9.17) is 10.5 Å². The van der Waals surface area contributed by atoms with E-state index in [1.165, 1.54) is 0 Å². The Hall–Kier alpha value is -1.62. The highest BCUT2D eigenvalue weighted by molar-refractivity contribution is 5.95. The number of aromatic nitrogens is 1. The highest BCUT2D eigenvalue weighted by Crippen LogP contribution is 2.22. The molecular formula is C13H19N3O2. The van der Waals surface area contributed by atoms with E-state index in [0.29, 0.717) is 31.1 Å². The van der Waals surface area contributed by atoms with Gasteiger partial charge in [0.2, 0.25) is 0 Å². The maximum atomic E-state index is 12.5. The molecule has 1 aromatic rings. The lowest BCUT2D eigenvalue weighted by Gasteiger charge is -2.42. The Morgan fingerprint density at radius 1 is 1.50 bits per heavy atom. The third-order valence-electron chi connectivity index (χ3n) is 3.11. The summed E-state index contributed by atoms with van der Waals surface area (Å²) in [5, 5.41) is 0. The van der Waals surface area contributed by atoms with Gasteiger partial charge >= 0.3 is 0 Å². The largest absolute Gasteiger partial charge is 0.384 e. The number of nitrogens with two attached hydrogens (primary N) is 1. The van der Waals surface area contributed by atoms with Gasteiger partial charge in [0.25, 0.3) is 5.91 Å². The lowest BCUT2D eigenvalue weighted by atomic mass is 10.0. The molecule has 0 saturated carbocycles. The third-order valence-corrected chi connectivity index (χ3v) is 3.11. The summed E-state index contributed by atoms with van der Waals surface area (Å²) in [6, 6.07) is 3.39. The highest BCUT2D eigenvalue weighted by atomic mass is 16.5. The van der Waals surface area contributed by atoms with Crippen LogP contribution in [0.2, 0.25) is 0 Å². The zero-order valence-corrected chi connectivity index (χ0v) is 11.1. The van der Waals surface area contributed by atoms with Crippen molar-refractivity contribution in [1.82, 2.24) is 9.88 Å². The van der Waals surface area contributed by atoms with Crippen LogP contribution in [0, 0.1) is 6.92 Å². The fourth-order valence-corrected chi connectivity index (χ4v) is 2.21. The first-order valence-corrected chi connectivity index (χ1v) is 6.04. The third kappa shape index (κ3) is 2.46. The van der Waals surface area contributed by atoms with E-state index in [2.05, 4.69) is 4.98 Å². The molecule has 0 aliphatic carbocycles. The molecule has 0 spiro atoms. The number of amides is 1. The van der Waals surface area contributed by atoms with Gasteiger partial charge < -0.3 is 15.4 Å². The van der Waals surface area contributed by atoms with Gasteiger partial charge in [0.05, 0.1) is 18.8 Å². The molecule has 5 heteroatoms. The van der Waals surface area contributed by atoms with Crippen LogP contribution in [0.25, 0.3) is 0 Å². The summed E-state index contributed by atoms with van der Waals surface area (Å²) in [5.74, 6) is 0.366. The lowest BCUT2D eigenvalue weighted by molar-refractivity contribution is -0.0370. The highest BCUT2D eigenvalue weighted by Gasteiger charge is 2.34. The lowest BCUT2D eigenvalue weighted by Crippen LogP contribution is -2.55. The van der Waals surface area contributed by atoms with Crippen LogP contribution in [0.15, 0.2) is 12.1 Å². The first-order chi connectivity index (χ1) is 8.40. The number of pyridine rings is 1. The van der Waals surface area contributed by atoms with Crippen LogP contribution < -0.4 is 5.73 Å². The second kappa shape index (κ2) is 4.57. The Morgan fingerprint density at radius 2 is 2.22 bits per heavy atom. The molecule has 0 radical (unpaired) electrons. The minimum atomic E-state index is -0.290. The molecule has 2 heterocycles. The smallest absolute Gasteiger partial charge is 0.254 e. The predicted molar refractivity (Wildman–Crippen MR) is 69.3 cm³/mol. The number of carbonyl (C=O) groups is 1. The number of nitrogens with zero attached hydrogens (tertiary/aromatic N) is 2. The van der Waals surface area contributed by atoms with Crippen molar-refractivity contribution in [3.8, 4) is 0 Å². The molecule has 1 aliphatic heterocycles. The van der Waals surface area contributed by atoms with Gasteiger partial charge in [0.15, 0.2) is 0 Å². The normalized spacial score (nSPS) is 18.7. The van der Waals surface area contributed by atoms with Crippen molar-refractivity contribution in [3.63, 3.8) is 0 Å². The van der Waals surface area contributed by atoms with Gasteiger partial charge in [-0.2, -0.15) is 0 Å². The van der Waals surface area contributed by atoms with E-state index in [1.807, 2.05) is 25.7 Å². The summed E-state index contributed by atoms with van der Waals surface area (Å²) in [4.78, 5) is 18.4. The van der Waals surface area contributed by atoms with Crippen LogP contribution in [0.3, 0.4) is 0 Å². The van der Waals surface area contributed by atoms with Crippen molar-refractivity contribution < 1.29 is 9.53 Å².